The first-order valence-electron chi connectivity index (χ1n) is 7.02. The molecule has 1 aliphatic heterocycles. The molecule has 0 radical (unpaired) electrons. The molecule has 1 aromatic rings. The van der Waals surface area contributed by atoms with E-state index in [0.717, 1.165) is 0 Å². The van der Waals surface area contributed by atoms with Gasteiger partial charge < -0.3 is 14.7 Å². The van der Waals surface area contributed by atoms with Crippen molar-refractivity contribution >= 4 is 11.7 Å². The van der Waals surface area contributed by atoms with Crippen molar-refractivity contribution in [2.45, 2.75) is 32.5 Å². The van der Waals surface area contributed by atoms with Gasteiger partial charge in [0, 0.05) is 5.56 Å². The van der Waals surface area contributed by atoms with Crippen molar-refractivity contribution in [3.8, 4) is 6.07 Å². The first-order chi connectivity index (χ1) is 10.4. The molecule has 6 heteroatoms. The van der Waals surface area contributed by atoms with Crippen LogP contribution in [-0.4, -0.2) is 35.1 Å². The molecule has 22 heavy (non-hydrogen) atoms. The van der Waals surface area contributed by atoms with Crippen LogP contribution in [0, 0.1) is 17.2 Å². The van der Waals surface area contributed by atoms with Gasteiger partial charge >= 0.3 is 5.97 Å². The first kappa shape index (κ1) is 16.0. The number of nitriles is 1. The van der Waals surface area contributed by atoms with Crippen LogP contribution in [-0.2, 0) is 14.4 Å². The molecule has 0 aromatic heterocycles. The standard InChI is InChI=1S/C16H18N2O4/c1-10(2)21-9-16(15(19)20)11(3)14(18-22-16)13-6-4-5-12(7-13)8-17/h4-7,10-11H,9H2,1-3H3,(H,19,20). The molecule has 1 heterocycles. The molecule has 1 aliphatic rings. The Morgan fingerprint density at radius 3 is 2.91 bits per heavy atom. The number of carbonyl (C=O) groups is 1. The number of aliphatic carboxylic acids is 1. The molecule has 6 nitrogen and oxygen atoms in total. The van der Waals surface area contributed by atoms with Crippen molar-refractivity contribution in [3.63, 3.8) is 0 Å². The summed E-state index contributed by atoms with van der Waals surface area (Å²) < 4.78 is 5.46. The van der Waals surface area contributed by atoms with Gasteiger partial charge in [0.15, 0.2) is 0 Å². The van der Waals surface area contributed by atoms with Crippen LogP contribution >= 0.6 is 0 Å². The van der Waals surface area contributed by atoms with Gasteiger partial charge in [-0.2, -0.15) is 5.26 Å². The fourth-order valence-corrected chi connectivity index (χ4v) is 2.29. The molecule has 2 unspecified atom stereocenters. The van der Waals surface area contributed by atoms with Crippen LogP contribution in [0.4, 0.5) is 0 Å². The summed E-state index contributed by atoms with van der Waals surface area (Å²) in [4.78, 5) is 17.0. The van der Waals surface area contributed by atoms with E-state index in [1.54, 1.807) is 31.2 Å². The first-order valence-corrected chi connectivity index (χ1v) is 7.02. The Balaban J connectivity index is 2.30. The number of hydrogen-bond acceptors (Lipinski definition) is 5. The second-order valence-electron chi connectivity index (χ2n) is 5.54. The van der Waals surface area contributed by atoms with E-state index in [1.165, 1.54) is 0 Å². The number of benzene rings is 1. The van der Waals surface area contributed by atoms with Crippen molar-refractivity contribution in [3.05, 3.63) is 35.4 Å². The largest absolute Gasteiger partial charge is 0.478 e. The van der Waals surface area contributed by atoms with E-state index in [0.29, 0.717) is 16.8 Å². The number of nitrogens with zero attached hydrogens (tertiary/aromatic N) is 2. The Labute approximate surface area is 128 Å². The molecule has 2 atom stereocenters. The Morgan fingerprint density at radius 2 is 2.32 bits per heavy atom. The fourth-order valence-electron chi connectivity index (χ4n) is 2.29. The summed E-state index contributed by atoms with van der Waals surface area (Å²) in [5.74, 6) is -1.62. The normalized spacial score (nSPS) is 23.8. The molecule has 1 N–H and O–H groups in total. The van der Waals surface area contributed by atoms with E-state index in [4.69, 9.17) is 14.8 Å². The number of oxime groups is 1. The lowest BCUT2D eigenvalue weighted by Crippen LogP contribution is -2.50. The summed E-state index contributed by atoms with van der Waals surface area (Å²) in [5, 5.41) is 22.5. The van der Waals surface area contributed by atoms with Gasteiger partial charge in [0.1, 0.15) is 6.61 Å². The van der Waals surface area contributed by atoms with Crippen molar-refractivity contribution in [1.29, 1.82) is 5.26 Å². The third-order valence-electron chi connectivity index (χ3n) is 3.70. The topological polar surface area (TPSA) is 91.9 Å². The number of carboxylic acid groups (broad SMARTS) is 1. The van der Waals surface area contributed by atoms with E-state index in [-0.39, 0.29) is 12.7 Å². The maximum atomic E-state index is 11.7. The molecular weight excluding hydrogens is 284 g/mol. The highest BCUT2D eigenvalue weighted by atomic mass is 16.7. The van der Waals surface area contributed by atoms with E-state index in [1.807, 2.05) is 13.8 Å². The molecule has 0 bridgehead atoms. The van der Waals surface area contributed by atoms with Crippen LogP contribution in [0.15, 0.2) is 29.4 Å². The van der Waals surface area contributed by atoms with Crippen LogP contribution in [0.5, 0.6) is 0 Å². The highest BCUT2D eigenvalue weighted by Gasteiger charge is 2.54. The van der Waals surface area contributed by atoms with Gasteiger partial charge in [0.2, 0.25) is 0 Å². The van der Waals surface area contributed by atoms with Crippen molar-refractivity contribution in [2.24, 2.45) is 11.1 Å². The molecule has 116 valence electrons. The van der Waals surface area contributed by atoms with Crippen LogP contribution in [0.3, 0.4) is 0 Å². The zero-order chi connectivity index (χ0) is 16.3. The average Bonchev–Trinajstić information content (AvgIpc) is 2.83. The van der Waals surface area contributed by atoms with Crippen LogP contribution < -0.4 is 0 Å². The minimum atomic E-state index is -1.54. The SMILES string of the molecule is CC(C)OCC1(C(=O)O)ON=C(c2cccc(C#N)c2)C1C. The maximum absolute atomic E-state index is 11.7. The fraction of sp³-hybridized carbons (Fsp3) is 0.438. The van der Waals surface area contributed by atoms with Gasteiger partial charge in [-0.05, 0) is 26.0 Å². The Hall–Kier alpha value is -2.39. The smallest absolute Gasteiger partial charge is 0.354 e. The highest BCUT2D eigenvalue weighted by molar-refractivity contribution is 6.06. The second kappa shape index (κ2) is 6.16. The number of hydrogen-bond donors (Lipinski definition) is 1. The van der Waals surface area contributed by atoms with Gasteiger partial charge in [0.25, 0.3) is 5.60 Å². The number of rotatable bonds is 5. The lowest BCUT2D eigenvalue weighted by Gasteiger charge is -2.27. The minimum Gasteiger partial charge on any atom is -0.478 e. The molecule has 0 spiro atoms. The Kier molecular flexibility index (Phi) is 4.48. The summed E-state index contributed by atoms with van der Waals surface area (Å²) in [5.41, 5.74) is 0.132. The molecule has 0 saturated heterocycles. The van der Waals surface area contributed by atoms with Crippen LogP contribution in [0.1, 0.15) is 31.9 Å². The van der Waals surface area contributed by atoms with Crippen LogP contribution in [0.25, 0.3) is 0 Å². The lowest BCUT2D eigenvalue weighted by atomic mass is 9.83. The molecule has 0 aliphatic carbocycles. The van der Waals surface area contributed by atoms with Gasteiger partial charge in [-0.25, -0.2) is 4.79 Å². The molecule has 0 fully saturated rings. The third kappa shape index (κ3) is 2.81. The summed E-state index contributed by atoms with van der Waals surface area (Å²) in [6, 6.07) is 8.91. The van der Waals surface area contributed by atoms with Gasteiger partial charge in [0.05, 0.1) is 29.4 Å². The Bertz CT molecular complexity index is 648. The van der Waals surface area contributed by atoms with Gasteiger partial charge in [-0.15, -0.1) is 0 Å². The molecule has 2 rings (SSSR count). The molecule has 0 saturated carbocycles. The number of carboxylic acids is 1. The predicted octanol–water partition coefficient (Wildman–Crippen LogP) is 2.18. The Morgan fingerprint density at radius 1 is 1.59 bits per heavy atom. The second-order valence-corrected chi connectivity index (χ2v) is 5.54. The van der Waals surface area contributed by atoms with Crippen molar-refractivity contribution < 1.29 is 19.5 Å². The average molecular weight is 302 g/mol. The maximum Gasteiger partial charge on any atom is 0.354 e. The monoisotopic (exact) mass is 302 g/mol. The lowest BCUT2D eigenvalue weighted by molar-refractivity contribution is -0.177. The summed E-state index contributed by atoms with van der Waals surface area (Å²) in [6.07, 6.45) is -0.113. The van der Waals surface area contributed by atoms with Crippen LogP contribution in [0.2, 0.25) is 0 Å². The molecular formula is C16H18N2O4. The predicted molar refractivity (Wildman–Crippen MR) is 79.4 cm³/mol. The quantitative estimate of drug-likeness (QED) is 0.900. The third-order valence-corrected chi connectivity index (χ3v) is 3.70. The number of ether oxygens (including phenoxy) is 1. The van der Waals surface area contributed by atoms with E-state index < -0.39 is 17.5 Å². The summed E-state index contributed by atoms with van der Waals surface area (Å²) in [7, 11) is 0. The zero-order valence-corrected chi connectivity index (χ0v) is 12.7. The summed E-state index contributed by atoms with van der Waals surface area (Å²) >= 11 is 0. The van der Waals surface area contributed by atoms with E-state index in [9.17, 15) is 9.90 Å². The van der Waals surface area contributed by atoms with Gasteiger partial charge in [-0.1, -0.05) is 24.2 Å². The molecule has 0 amide bonds. The highest BCUT2D eigenvalue weighted by Crippen LogP contribution is 2.34. The van der Waals surface area contributed by atoms with Gasteiger partial charge in [-0.3, -0.25) is 0 Å². The minimum absolute atomic E-state index is 0.0912. The van der Waals surface area contributed by atoms with E-state index >= 15 is 0 Å². The molecule has 1 aromatic carbocycles. The zero-order valence-electron chi connectivity index (χ0n) is 12.7. The van der Waals surface area contributed by atoms with Crippen molar-refractivity contribution in [1.82, 2.24) is 0 Å². The van der Waals surface area contributed by atoms with E-state index in [2.05, 4.69) is 11.2 Å². The summed E-state index contributed by atoms with van der Waals surface area (Å²) in [6.45, 7) is 5.30. The van der Waals surface area contributed by atoms with Crippen molar-refractivity contribution in [2.75, 3.05) is 6.61 Å².